The normalized spacial score (nSPS) is 31.3. The Labute approximate surface area is 202 Å². The number of aryl methyl sites for hydroxylation is 2. The average molecular weight is 488 g/mol. The van der Waals surface area contributed by atoms with Gasteiger partial charge in [0.25, 0.3) is 5.92 Å². The predicted octanol–water partition coefficient (Wildman–Crippen LogP) is 5.83. The number of carbonyl (C=O) groups excluding carboxylic acids is 2. The van der Waals surface area contributed by atoms with Gasteiger partial charge in [-0.25, -0.2) is 13.8 Å². The number of amides is 2. The van der Waals surface area contributed by atoms with E-state index in [1.165, 1.54) is 11.3 Å². The molecule has 0 bridgehead atoms. The third-order valence-corrected chi connectivity index (χ3v) is 9.87. The molecule has 1 heterocycles. The van der Waals surface area contributed by atoms with Crippen molar-refractivity contribution in [2.75, 3.05) is 5.32 Å². The van der Waals surface area contributed by atoms with Crippen LogP contribution >= 0.6 is 11.3 Å². The lowest BCUT2D eigenvalue weighted by atomic mass is 9.46. The Morgan fingerprint density at radius 2 is 2.03 bits per heavy atom. The van der Waals surface area contributed by atoms with Gasteiger partial charge in [-0.2, -0.15) is 0 Å². The fraction of sp³-hybridized carbons (Fsp3) is 0.577. The molecule has 182 valence electrons. The zero-order valence-electron chi connectivity index (χ0n) is 19.6. The Kier molecular flexibility index (Phi) is 5.58. The van der Waals surface area contributed by atoms with Crippen LogP contribution in [0, 0.1) is 23.7 Å². The van der Waals surface area contributed by atoms with Crippen molar-refractivity contribution in [2.45, 2.75) is 77.1 Å². The van der Waals surface area contributed by atoms with E-state index in [1.54, 1.807) is 19.2 Å². The van der Waals surface area contributed by atoms with Crippen LogP contribution in [0.15, 0.2) is 24.4 Å². The van der Waals surface area contributed by atoms with Gasteiger partial charge in [-0.05, 0) is 86.0 Å². The first-order chi connectivity index (χ1) is 16.1. The molecule has 3 aliphatic carbocycles. The maximum atomic E-state index is 15.2. The second-order valence-corrected chi connectivity index (χ2v) is 11.9. The summed E-state index contributed by atoms with van der Waals surface area (Å²) in [5.74, 6) is -3.31. The summed E-state index contributed by atoms with van der Waals surface area (Å²) < 4.78 is 30.4. The van der Waals surface area contributed by atoms with Crippen LogP contribution in [-0.4, -0.2) is 22.7 Å². The third-order valence-electron chi connectivity index (χ3n) is 9.04. The number of anilines is 1. The zero-order chi connectivity index (χ0) is 24.3. The molecule has 2 amide bonds. The number of benzene rings is 1. The minimum absolute atomic E-state index is 0.0826. The molecule has 5 nitrogen and oxygen atoms in total. The number of hydrogen-bond donors (Lipinski definition) is 2. The lowest BCUT2D eigenvalue weighted by molar-refractivity contribution is -0.157. The maximum Gasteiger partial charge on any atom is 0.253 e. The number of rotatable bonds is 5. The van der Waals surface area contributed by atoms with Crippen molar-refractivity contribution in [1.82, 2.24) is 4.98 Å². The molecule has 2 saturated carbocycles. The Hall–Kier alpha value is -2.35. The van der Waals surface area contributed by atoms with E-state index >= 15 is 8.78 Å². The summed E-state index contributed by atoms with van der Waals surface area (Å²) in [6, 6.07) is 5.60. The lowest BCUT2D eigenvalue weighted by Gasteiger charge is -2.58. The molecular formula is C26H31F2N3O2S. The first-order valence-electron chi connectivity index (χ1n) is 12.1. The molecule has 3 aliphatic rings. The SMILES string of the molecule is Cc1cnc(NC(=O)CC[C@@]23CCc4cc(C(N)=O)ccc4[C@H]2CC[C@@]2(C)[C@H]3CCC2(F)F)s1. The highest BCUT2D eigenvalue weighted by atomic mass is 32.1. The summed E-state index contributed by atoms with van der Waals surface area (Å²) >= 11 is 1.43. The molecule has 0 spiro atoms. The van der Waals surface area contributed by atoms with Gasteiger partial charge in [-0.15, -0.1) is 11.3 Å². The lowest BCUT2D eigenvalue weighted by Crippen LogP contribution is -2.53. The minimum atomic E-state index is -2.69. The average Bonchev–Trinajstić information content (AvgIpc) is 3.31. The van der Waals surface area contributed by atoms with Crippen molar-refractivity contribution in [3.05, 3.63) is 46.0 Å². The molecule has 2 fully saturated rings. The summed E-state index contributed by atoms with van der Waals surface area (Å²) in [4.78, 5) is 29.8. The van der Waals surface area contributed by atoms with Gasteiger partial charge in [0.05, 0.1) is 0 Å². The number of hydrogen-bond acceptors (Lipinski definition) is 4. The van der Waals surface area contributed by atoms with E-state index in [2.05, 4.69) is 10.3 Å². The van der Waals surface area contributed by atoms with E-state index in [9.17, 15) is 9.59 Å². The number of primary amides is 1. The van der Waals surface area contributed by atoms with Gasteiger partial charge in [0.15, 0.2) is 5.13 Å². The Morgan fingerprint density at radius 3 is 2.74 bits per heavy atom. The smallest absolute Gasteiger partial charge is 0.253 e. The minimum Gasteiger partial charge on any atom is -0.366 e. The monoisotopic (exact) mass is 487 g/mol. The second-order valence-electron chi connectivity index (χ2n) is 10.6. The van der Waals surface area contributed by atoms with E-state index in [4.69, 9.17) is 5.73 Å². The largest absolute Gasteiger partial charge is 0.366 e. The quantitative estimate of drug-likeness (QED) is 0.556. The van der Waals surface area contributed by atoms with Gasteiger partial charge < -0.3 is 11.1 Å². The van der Waals surface area contributed by atoms with Gasteiger partial charge in [0.2, 0.25) is 11.8 Å². The van der Waals surface area contributed by atoms with Crippen molar-refractivity contribution >= 4 is 28.3 Å². The van der Waals surface area contributed by atoms with Crippen molar-refractivity contribution < 1.29 is 18.4 Å². The van der Waals surface area contributed by atoms with Gasteiger partial charge in [-0.1, -0.05) is 13.0 Å². The van der Waals surface area contributed by atoms with Gasteiger partial charge in [0.1, 0.15) is 0 Å². The molecule has 8 heteroatoms. The van der Waals surface area contributed by atoms with Crippen molar-refractivity contribution in [1.29, 1.82) is 0 Å². The Bertz CT molecular complexity index is 1150. The van der Waals surface area contributed by atoms with Crippen LogP contribution in [0.3, 0.4) is 0 Å². The van der Waals surface area contributed by atoms with E-state index in [0.29, 0.717) is 42.8 Å². The number of carbonyl (C=O) groups is 2. The first kappa shape index (κ1) is 23.4. The van der Waals surface area contributed by atoms with Crippen molar-refractivity contribution in [2.24, 2.45) is 22.5 Å². The van der Waals surface area contributed by atoms with E-state index in [0.717, 1.165) is 22.4 Å². The summed E-state index contributed by atoms with van der Waals surface area (Å²) in [6.45, 7) is 3.70. The standard InChI is InChI=1S/C26H31F2N3O2S/c1-15-14-30-23(34-15)31-21(32)8-11-25-10-5-16-13-17(22(29)33)3-4-18(16)19(25)6-9-24(2)20(25)7-12-26(24,27)28/h3-4,13-14,19-20H,5-12H2,1-2H3,(H2,29,33)(H,30,31,32)/t19-,20-,24+,25+/m1/s1. The van der Waals surface area contributed by atoms with Crippen LogP contribution in [0.4, 0.5) is 13.9 Å². The van der Waals surface area contributed by atoms with Crippen LogP contribution in [0.2, 0.25) is 0 Å². The first-order valence-corrected chi connectivity index (χ1v) is 12.9. The van der Waals surface area contributed by atoms with E-state index in [1.807, 2.05) is 19.1 Å². The number of nitrogens with one attached hydrogen (secondary N) is 1. The molecule has 0 aliphatic heterocycles. The topological polar surface area (TPSA) is 85.1 Å². The van der Waals surface area contributed by atoms with Crippen LogP contribution in [0.25, 0.3) is 0 Å². The molecule has 1 aromatic carbocycles. The molecule has 4 atom stereocenters. The number of alkyl halides is 2. The van der Waals surface area contributed by atoms with Gasteiger partial charge in [0, 0.05) is 34.9 Å². The number of thiazole rings is 1. The molecular weight excluding hydrogens is 456 g/mol. The fourth-order valence-electron chi connectivity index (χ4n) is 7.35. The van der Waals surface area contributed by atoms with Crippen molar-refractivity contribution in [3.63, 3.8) is 0 Å². The summed E-state index contributed by atoms with van der Waals surface area (Å²) in [7, 11) is 0. The zero-order valence-corrected chi connectivity index (χ0v) is 20.4. The number of nitrogens with zero attached hydrogens (tertiary/aromatic N) is 1. The van der Waals surface area contributed by atoms with E-state index < -0.39 is 17.2 Å². The van der Waals surface area contributed by atoms with Crippen molar-refractivity contribution in [3.8, 4) is 0 Å². The maximum absolute atomic E-state index is 15.2. The van der Waals surface area contributed by atoms with Crippen LogP contribution in [-0.2, 0) is 11.2 Å². The van der Waals surface area contributed by atoms with Gasteiger partial charge >= 0.3 is 0 Å². The highest BCUT2D eigenvalue weighted by Gasteiger charge is 2.68. The van der Waals surface area contributed by atoms with Crippen LogP contribution < -0.4 is 11.1 Å². The Morgan fingerprint density at radius 1 is 1.24 bits per heavy atom. The molecule has 5 rings (SSSR count). The number of nitrogens with two attached hydrogens (primary N) is 1. The number of fused-ring (bicyclic) bond motifs is 5. The third kappa shape index (κ3) is 3.56. The predicted molar refractivity (Wildman–Crippen MR) is 128 cm³/mol. The molecule has 0 saturated heterocycles. The highest BCUT2D eigenvalue weighted by molar-refractivity contribution is 7.15. The number of halogens is 2. The molecule has 2 aromatic rings. The Balaban J connectivity index is 1.48. The van der Waals surface area contributed by atoms with Crippen LogP contribution in [0.5, 0.6) is 0 Å². The second kappa shape index (κ2) is 8.11. The van der Waals surface area contributed by atoms with Gasteiger partial charge in [-0.3, -0.25) is 9.59 Å². The summed E-state index contributed by atoms with van der Waals surface area (Å²) in [6.07, 6.45) is 5.56. The number of aromatic nitrogens is 1. The summed E-state index contributed by atoms with van der Waals surface area (Å²) in [5, 5.41) is 3.46. The van der Waals surface area contributed by atoms with Crippen LogP contribution in [0.1, 0.15) is 84.1 Å². The summed E-state index contributed by atoms with van der Waals surface area (Å²) in [5.41, 5.74) is 6.80. The molecule has 34 heavy (non-hydrogen) atoms. The molecule has 3 N–H and O–H groups in total. The van der Waals surface area contributed by atoms with E-state index in [-0.39, 0.29) is 36.0 Å². The molecule has 0 radical (unpaired) electrons. The fourth-order valence-corrected chi connectivity index (χ4v) is 8.03. The molecule has 1 aromatic heterocycles. The highest BCUT2D eigenvalue weighted by Crippen LogP contribution is 2.71. The molecule has 0 unspecified atom stereocenters.